The molecule has 0 fully saturated rings. The van der Waals surface area contributed by atoms with Crippen LogP contribution in [0.1, 0.15) is 128 Å². The molecule has 0 aromatic heterocycles. The number of hydrogen-bond donors (Lipinski definition) is 2. The lowest BCUT2D eigenvalue weighted by atomic mass is 9.80. The quantitative estimate of drug-likeness (QED) is 0.0973. The van der Waals surface area contributed by atoms with Gasteiger partial charge in [0.05, 0.1) is 25.7 Å². The smallest absolute Gasteiger partial charge is 0.328 e. The molecule has 3 aromatic carbocycles. The summed E-state index contributed by atoms with van der Waals surface area (Å²) in [6.07, 6.45) is 8.61. The van der Waals surface area contributed by atoms with Gasteiger partial charge in [-0.3, -0.25) is 9.59 Å². The second kappa shape index (κ2) is 19.9. The van der Waals surface area contributed by atoms with Crippen LogP contribution < -0.4 is 15.4 Å². The minimum absolute atomic E-state index is 0.0792. The number of hydrogen-bond acceptors (Lipinski definition) is 5. The first kappa shape index (κ1) is 40.3. The minimum atomic E-state index is -0.801. The van der Waals surface area contributed by atoms with Crippen molar-refractivity contribution in [3.8, 4) is 5.75 Å². The summed E-state index contributed by atoms with van der Waals surface area (Å²) in [6.45, 7) is 15.9. The van der Waals surface area contributed by atoms with Crippen molar-refractivity contribution in [3.63, 3.8) is 0 Å². The predicted octanol–water partition coefficient (Wildman–Crippen LogP) is 8.78. The molecule has 3 rings (SSSR count). The van der Waals surface area contributed by atoms with Crippen LogP contribution in [0.3, 0.4) is 0 Å². The van der Waals surface area contributed by atoms with E-state index < -0.39 is 23.8 Å². The SMILES string of the molecule is C[C@H](NC(=O)CNC(=O)C(c1ccccc1)c1ccccc1)C(=O)OCCCCCCCCCCOc1cc(C(C)(C)C)cc(C(C)(C)C)c1. The Morgan fingerprint density at radius 1 is 0.640 bits per heavy atom. The van der Waals surface area contributed by atoms with Crippen LogP contribution in [0, 0.1) is 0 Å². The molecule has 3 aromatic rings. The normalized spacial score (nSPS) is 12.3. The third-order valence-electron chi connectivity index (χ3n) is 8.87. The highest BCUT2D eigenvalue weighted by atomic mass is 16.5. The lowest BCUT2D eigenvalue weighted by Gasteiger charge is -2.26. The fourth-order valence-electron chi connectivity index (χ4n) is 5.71. The number of unbranched alkanes of at least 4 members (excludes halogenated alkanes) is 7. The van der Waals surface area contributed by atoms with Crippen LogP contribution in [0.25, 0.3) is 0 Å². The molecule has 7 heteroatoms. The van der Waals surface area contributed by atoms with Crippen molar-refractivity contribution >= 4 is 17.8 Å². The zero-order chi connectivity index (χ0) is 36.6. The van der Waals surface area contributed by atoms with Gasteiger partial charge in [0, 0.05) is 0 Å². The van der Waals surface area contributed by atoms with Gasteiger partial charge in [0.15, 0.2) is 0 Å². The summed E-state index contributed by atoms with van der Waals surface area (Å²) < 4.78 is 11.6. The van der Waals surface area contributed by atoms with E-state index >= 15 is 0 Å². The number of amides is 2. The zero-order valence-corrected chi connectivity index (χ0v) is 31.5. The van der Waals surface area contributed by atoms with Crippen molar-refractivity contribution in [2.45, 2.75) is 123 Å². The number of carbonyl (C=O) groups is 3. The number of ether oxygens (including phenoxy) is 2. The molecule has 0 aliphatic rings. The highest BCUT2D eigenvalue weighted by Crippen LogP contribution is 2.33. The average molecular weight is 685 g/mol. The van der Waals surface area contributed by atoms with Gasteiger partial charge in [0.1, 0.15) is 11.8 Å². The number of esters is 1. The Hall–Kier alpha value is -4.13. The maximum absolute atomic E-state index is 13.1. The van der Waals surface area contributed by atoms with Crippen molar-refractivity contribution in [2.24, 2.45) is 0 Å². The molecule has 0 aliphatic carbocycles. The fourth-order valence-corrected chi connectivity index (χ4v) is 5.71. The summed E-state index contributed by atoms with van der Waals surface area (Å²) in [4.78, 5) is 38.1. The van der Waals surface area contributed by atoms with E-state index in [2.05, 4.69) is 70.4 Å². The molecule has 0 heterocycles. The van der Waals surface area contributed by atoms with Crippen molar-refractivity contribution in [3.05, 3.63) is 101 Å². The molecule has 0 saturated heterocycles. The second-order valence-electron chi connectivity index (χ2n) is 15.4. The van der Waals surface area contributed by atoms with Crippen molar-refractivity contribution in [1.82, 2.24) is 10.6 Å². The minimum Gasteiger partial charge on any atom is -0.494 e. The molecule has 50 heavy (non-hydrogen) atoms. The van der Waals surface area contributed by atoms with Crippen molar-refractivity contribution < 1.29 is 23.9 Å². The van der Waals surface area contributed by atoms with Crippen LogP contribution in [0.5, 0.6) is 5.75 Å². The topological polar surface area (TPSA) is 93.7 Å². The number of rotatable bonds is 19. The Labute approximate surface area is 300 Å². The Bertz CT molecular complexity index is 1400. The van der Waals surface area contributed by atoms with E-state index in [9.17, 15) is 14.4 Å². The second-order valence-corrected chi connectivity index (χ2v) is 15.4. The molecule has 1 atom stereocenters. The van der Waals surface area contributed by atoms with Crippen LogP contribution >= 0.6 is 0 Å². The number of nitrogens with one attached hydrogen (secondary N) is 2. The van der Waals surface area contributed by atoms with E-state index in [4.69, 9.17) is 9.47 Å². The molecular formula is C43H60N2O5. The van der Waals surface area contributed by atoms with Gasteiger partial charge in [0.2, 0.25) is 11.8 Å². The zero-order valence-electron chi connectivity index (χ0n) is 31.5. The van der Waals surface area contributed by atoms with Gasteiger partial charge >= 0.3 is 5.97 Å². The van der Waals surface area contributed by atoms with Crippen LogP contribution in [0.2, 0.25) is 0 Å². The first-order chi connectivity index (χ1) is 23.8. The van der Waals surface area contributed by atoms with Crippen LogP contribution in [0.15, 0.2) is 78.9 Å². The third kappa shape index (κ3) is 14.0. The van der Waals surface area contributed by atoms with E-state index in [0.717, 1.165) is 62.0 Å². The predicted molar refractivity (Wildman–Crippen MR) is 203 cm³/mol. The summed E-state index contributed by atoms with van der Waals surface area (Å²) in [5.74, 6) is -0.775. The lowest BCUT2D eigenvalue weighted by molar-refractivity contribution is -0.147. The monoisotopic (exact) mass is 684 g/mol. The number of benzene rings is 3. The van der Waals surface area contributed by atoms with Crippen LogP contribution in [0.4, 0.5) is 0 Å². The third-order valence-corrected chi connectivity index (χ3v) is 8.87. The van der Waals surface area contributed by atoms with E-state index in [1.807, 2.05) is 60.7 Å². The maximum atomic E-state index is 13.1. The molecule has 272 valence electrons. The van der Waals surface area contributed by atoms with Gasteiger partial charge in [-0.15, -0.1) is 0 Å². The molecule has 0 radical (unpaired) electrons. The average Bonchev–Trinajstić information content (AvgIpc) is 3.08. The largest absolute Gasteiger partial charge is 0.494 e. The van der Waals surface area contributed by atoms with E-state index in [-0.39, 0.29) is 23.3 Å². The van der Waals surface area contributed by atoms with Crippen molar-refractivity contribution in [2.75, 3.05) is 19.8 Å². The van der Waals surface area contributed by atoms with Crippen LogP contribution in [-0.4, -0.2) is 43.6 Å². The standard InChI is InChI=1S/C43H60N2O5/c1-32(45-38(46)31-44-40(47)39(33-22-16-14-17-23-33)34-24-18-15-19-25-34)41(48)50-27-21-13-11-9-8-10-12-20-26-49-37-29-35(42(2,3)4)28-36(30-37)43(5,6)7/h14-19,22-25,28-30,32,39H,8-13,20-21,26-27,31H2,1-7H3,(H,44,47)(H,45,46)/t32-/m0/s1. The lowest BCUT2D eigenvalue weighted by Crippen LogP contribution is -2.45. The fraction of sp³-hybridized carbons (Fsp3) is 0.512. The van der Waals surface area contributed by atoms with Gasteiger partial charge in [-0.1, -0.05) is 147 Å². The first-order valence-corrected chi connectivity index (χ1v) is 18.4. The summed E-state index contributed by atoms with van der Waals surface area (Å²) in [7, 11) is 0. The Kier molecular flexibility index (Phi) is 16.0. The van der Waals surface area contributed by atoms with Gasteiger partial charge in [-0.05, 0) is 65.0 Å². The van der Waals surface area contributed by atoms with Gasteiger partial charge in [-0.25, -0.2) is 4.79 Å². The summed E-state index contributed by atoms with van der Waals surface area (Å²) in [6, 6.07) is 24.8. The highest BCUT2D eigenvalue weighted by Gasteiger charge is 2.24. The molecule has 7 nitrogen and oxygen atoms in total. The molecule has 0 saturated carbocycles. The molecule has 0 unspecified atom stereocenters. The summed E-state index contributed by atoms with van der Waals surface area (Å²) >= 11 is 0. The summed E-state index contributed by atoms with van der Waals surface area (Å²) in [5.41, 5.74) is 4.45. The molecule has 2 N–H and O–H groups in total. The molecular weight excluding hydrogens is 624 g/mol. The Morgan fingerprint density at radius 3 is 1.58 bits per heavy atom. The van der Waals surface area contributed by atoms with Gasteiger partial charge in [0.25, 0.3) is 0 Å². The van der Waals surface area contributed by atoms with Crippen LogP contribution in [-0.2, 0) is 30.0 Å². The van der Waals surface area contributed by atoms with E-state index in [0.29, 0.717) is 6.61 Å². The molecule has 0 spiro atoms. The van der Waals surface area contributed by atoms with Crippen molar-refractivity contribution in [1.29, 1.82) is 0 Å². The van der Waals surface area contributed by atoms with Gasteiger partial charge < -0.3 is 20.1 Å². The Morgan fingerprint density at radius 2 is 1.10 bits per heavy atom. The maximum Gasteiger partial charge on any atom is 0.328 e. The molecule has 2 amide bonds. The highest BCUT2D eigenvalue weighted by molar-refractivity contribution is 5.92. The molecule has 0 aliphatic heterocycles. The first-order valence-electron chi connectivity index (χ1n) is 18.4. The Balaban J connectivity index is 1.24. The van der Waals surface area contributed by atoms with Gasteiger partial charge in [-0.2, -0.15) is 0 Å². The van der Waals surface area contributed by atoms with E-state index in [1.165, 1.54) is 24.0 Å². The number of carbonyl (C=O) groups excluding carboxylic acids is 3. The summed E-state index contributed by atoms with van der Waals surface area (Å²) in [5, 5.41) is 5.36. The van der Waals surface area contributed by atoms with E-state index in [1.54, 1.807) is 6.92 Å². The molecule has 0 bridgehead atoms.